The van der Waals surface area contributed by atoms with Gasteiger partial charge in [0.05, 0.1) is 12.5 Å². The van der Waals surface area contributed by atoms with Crippen LogP contribution in [0.4, 0.5) is 0 Å². The molecule has 0 bridgehead atoms. The zero-order valence-electron chi connectivity index (χ0n) is 11.5. The largest absolute Gasteiger partial charge is 0.305 e. The Labute approximate surface area is 104 Å². The van der Waals surface area contributed by atoms with Crippen molar-refractivity contribution < 1.29 is 9.59 Å². The fourth-order valence-corrected chi connectivity index (χ4v) is 2.43. The molecule has 0 spiro atoms. The molecule has 1 saturated heterocycles. The van der Waals surface area contributed by atoms with E-state index in [0.717, 1.165) is 6.54 Å². The summed E-state index contributed by atoms with van der Waals surface area (Å²) in [6.07, 6.45) is 0.304. The molecule has 98 valence electrons. The van der Waals surface area contributed by atoms with E-state index >= 15 is 0 Å². The summed E-state index contributed by atoms with van der Waals surface area (Å²) in [6, 6.07) is -0.313. The molecule has 1 atom stereocenters. The van der Waals surface area contributed by atoms with Gasteiger partial charge in [-0.2, -0.15) is 0 Å². The minimum absolute atomic E-state index is 0.0851. The number of likely N-dealkylation sites (N-methyl/N-ethyl adjacent to an activating group) is 1. The number of rotatable bonds is 5. The van der Waals surface area contributed by atoms with Gasteiger partial charge in [0.2, 0.25) is 11.8 Å². The van der Waals surface area contributed by atoms with Gasteiger partial charge >= 0.3 is 0 Å². The average Bonchev–Trinajstić information content (AvgIpc) is 2.45. The van der Waals surface area contributed by atoms with Crippen molar-refractivity contribution in [3.05, 3.63) is 0 Å². The molecule has 1 heterocycles. The van der Waals surface area contributed by atoms with Crippen LogP contribution in [0.1, 0.15) is 34.1 Å². The molecule has 1 unspecified atom stereocenters. The van der Waals surface area contributed by atoms with Crippen molar-refractivity contribution in [2.45, 2.75) is 40.2 Å². The van der Waals surface area contributed by atoms with Crippen molar-refractivity contribution in [1.29, 1.82) is 0 Å². The minimum Gasteiger partial charge on any atom is -0.305 e. The van der Waals surface area contributed by atoms with Crippen LogP contribution in [0.3, 0.4) is 0 Å². The fraction of sp³-hybridized carbons (Fsp3) is 0.846. The summed E-state index contributed by atoms with van der Waals surface area (Å²) < 4.78 is 0. The van der Waals surface area contributed by atoms with Crippen LogP contribution in [0.15, 0.2) is 0 Å². The summed E-state index contributed by atoms with van der Waals surface area (Å²) in [7, 11) is 1.55. The number of amides is 2. The molecule has 0 aliphatic carbocycles. The molecule has 0 aromatic heterocycles. The van der Waals surface area contributed by atoms with E-state index in [1.807, 2.05) is 0 Å². The van der Waals surface area contributed by atoms with E-state index in [2.05, 4.69) is 33.0 Å². The zero-order valence-corrected chi connectivity index (χ0v) is 11.5. The van der Waals surface area contributed by atoms with Gasteiger partial charge in [0.1, 0.15) is 0 Å². The predicted octanol–water partition coefficient (Wildman–Crippen LogP) is 1.26. The Balaban J connectivity index is 2.51. The summed E-state index contributed by atoms with van der Waals surface area (Å²) in [4.78, 5) is 24.3. The van der Waals surface area contributed by atoms with Crippen LogP contribution in [-0.4, -0.2) is 36.3 Å². The van der Waals surface area contributed by atoms with Crippen molar-refractivity contribution in [2.24, 2.45) is 17.8 Å². The van der Waals surface area contributed by atoms with Gasteiger partial charge in [-0.1, -0.05) is 27.7 Å². The Morgan fingerprint density at radius 2 is 1.76 bits per heavy atom. The normalized spacial score (nSPS) is 21.4. The van der Waals surface area contributed by atoms with E-state index in [4.69, 9.17) is 0 Å². The second-order valence-electron chi connectivity index (χ2n) is 5.61. The van der Waals surface area contributed by atoms with Gasteiger partial charge in [-0.05, 0) is 24.3 Å². The highest BCUT2D eigenvalue weighted by molar-refractivity contribution is 6.05. The number of carbonyl (C=O) groups excluding carboxylic acids is 2. The molecule has 1 fully saturated rings. The summed E-state index contributed by atoms with van der Waals surface area (Å²) in [6.45, 7) is 9.58. The van der Waals surface area contributed by atoms with Crippen LogP contribution in [0, 0.1) is 17.8 Å². The van der Waals surface area contributed by atoms with E-state index < -0.39 is 0 Å². The molecule has 1 aliphatic heterocycles. The van der Waals surface area contributed by atoms with Gasteiger partial charge in [0.15, 0.2) is 0 Å². The summed E-state index contributed by atoms with van der Waals surface area (Å²) in [5.74, 6) is 1.50. The van der Waals surface area contributed by atoms with Crippen LogP contribution >= 0.6 is 0 Å². The molecule has 2 amide bonds. The zero-order chi connectivity index (χ0) is 13.2. The monoisotopic (exact) mass is 240 g/mol. The lowest BCUT2D eigenvalue weighted by Gasteiger charge is -2.26. The lowest BCUT2D eigenvalue weighted by Crippen LogP contribution is -2.41. The van der Waals surface area contributed by atoms with Crippen LogP contribution in [0.2, 0.25) is 0 Å². The second-order valence-corrected chi connectivity index (χ2v) is 5.61. The third kappa shape index (κ3) is 3.28. The molecule has 0 aromatic rings. The molecule has 0 aromatic carbocycles. The van der Waals surface area contributed by atoms with E-state index in [9.17, 15) is 9.59 Å². The molecular formula is C13H24N2O2. The fourth-order valence-electron chi connectivity index (χ4n) is 2.43. The highest BCUT2D eigenvalue weighted by Crippen LogP contribution is 2.20. The first-order chi connectivity index (χ1) is 7.84. The van der Waals surface area contributed by atoms with Crippen molar-refractivity contribution in [3.63, 3.8) is 0 Å². The van der Waals surface area contributed by atoms with Gasteiger partial charge in [0.25, 0.3) is 0 Å². The van der Waals surface area contributed by atoms with Crippen molar-refractivity contribution in [1.82, 2.24) is 10.2 Å². The Hall–Kier alpha value is -0.900. The molecule has 1 rings (SSSR count). The van der Waals surface area contributed by atoms with Gasteiger partial charge in [-0.15, -0.1) is 0 Å². The van der Waals surface area contributed by atoms with E-state index in [1.54, 1.807) is 7.05 Å². The topological polar surface area (TPSA) is 49.4 Å². The van der Waals surface area contributed by atoms with E-state index in [-0.39, 0.29) is 17.9 Å². The maximum absolute atomic E-state index is 11.7. The molecule has 1 aliphatic rings. The Bertz CT molecular complexity index is 292. The molecule has 4 nitrogen and oxygen atoms in total. The standard InChI is InChI=1S/C13H24N2O2/c1-8(2)10(9(3)4)7-14-11-6-12(16)15(5)13(11)17/h8-11,14H,6-7H2,1-5H3. The van der Waals surface area contributed by atoms with Crippen LogP contribution in [-0.2, 0) is 9.59 Å². The number of imide groups is 1. The molecule has 0 saturated carbocycles. The maximum Gasteiger partial charge on any atom is 0.246 e. The summed E-state index contributed by atoms with van der Waals surface area (Å²) >= 11 is 0. The number of likely N-dealkylation sites (tertiary alicyclic amines) is 1. The van der Waals surface area contributed by atoms with Crippen LogP contribution in [0.5, 0.6) is 0 Å². The highest BCUT2D eigenvalue weighted by atomic mass is 16.2. The van der Waals surface area contributed by atoms with Crippen molar-refractivity contribution in [2.75, 3.05) is 13.6 Å². The Morgan fingerprint density at radius 1 is 1.24 bits per heavy atom. The first-order valence-electron chi connectivity index (χ1n) is 6.38. The average molecular weight is 240 g/mol. The molecule has 4 heteroatoms. The summed E-state index contributed by atoms with van der Waals surface area (Å²) in [5.41, 5.74) is 0. The Morgan fingerprint density at radius 3 is 2.12 bits per heavy atom. The third-order valence-electron chi connectivity index (χ3n) is 3.69. The van der Waals surface area contributed by atoms with Gasteiger partial charge in [-0.3, -0.25) is 14.5 Å². The molecular weight excluding hydrogens is 216 g/mol. The van der Waals surface area contributed by atoms with Gasteiger partial charge in [0, 0.05) is 7.05 Å². The molecule has 0 radical (unpaired) electrons. The number of carbonyl (C=O) groups is 2. The van der Waals surface area contributed by atoms with Crippen molar-refractivity contribution >= 4 is 11.8 Å². The summed E-state index contributed by atoms with van der Waals surface area (Å²) in [5, 5.41) is 3.24. The minimum atomic E-state index is -0.313. The number of hydrogen-bond acceptors (Lipinski definition) is 3. The molecule has 17 heavy (non-hydrogen) atoms. The lowest BCUT2D eigenvalue weighted by atomic mass is 9.85. The first-order valence-corrected chi connectivity index (χ1v) is 6.38. The number of hydrogen-bond donors (Lipinski definition) is 1. The van der Waals surface area contributed by atoms with Crippen LogP contribution < -0.4 is 5.32 Å². The predicted molar refractivity (Wildman–Crippen MR) is 67.4 cm³/mol. The quantitative estimate of drug-likeness (QED) is 0.736. The second kappa shape index (κ2) is 5.63. The van der Waals surface area contributed by atoms with E-state index in [0.29, 0.717) is 24.2 Å². The number of nitrogens with zero attached hydrogens (tertiary/aromatic N) is 1. The number of nitrogens with one attached hydrogen (secondary N) is 1. The Kier molecular flexibility index (Phi) is 4.69. The van der Waals surface area contributed by atoms with Crippen LogP contribution in [0.25, 0.3) is 0 Å². The molecule has 1 N–H and O–H groups in total. The highest BCUT2D eigenvalue weighted by Gasteiger charge is 2.36. The van der Waals surface area contributed by atoms with Gasteiger partial charge in [-0.25, -0.2) is 0 Å². The van der Waals surface area contributed by atoms with E-state index in [1.165, 1.54) is 4.90 Å². The van der Waals surface area contributed by atoms with Crippen molar-refractivity contribution in [3.8, 4) is 0 Å². The smallest absolute Gasteiger partial charge is 0.246 e. The lowest BCUT2D eigenvalue weighted by molar-refractivity contribution is -0.137. The third-order valence-corrected chi connectivity index (χ3v) is 3.69. The maximum atomic E-state index is 11.7. The first kappa shape index (κ1) is 14.2. The SMILES string of the molecule is CC(C)C(CNC1CC(=O)N(C)C1=O)C(C)C. The van der Waals surface area contributed by atoms with Gasteiger partial charge < -0.3 is 5.32 Å².